The molecule has 0 bridgehead atoms. The normalized spacial score (nSPS) is 30.6. The minimum absolute atomic E-state index is 0.687. The maximum atomic E-state index is 4.38. The molecule has 3 unspecified atom stereocenters. The second-order valence-electron chi connectivity index (χ2n) is 6.45. The topological polar surface area (TPSA) is 37.0 Å². The first-order chi connectivity index (χ1) is 9.83. The minimum atomic E-state index is 0.687. The van der Waals surface area contributed by atoms with Crippen LogP contribution in [0.15, 0.2) is 18.3 Å². The minimum Gasteiger partial charge on any atom is -0.314 e. The lowest BCUT2D eigenvalue weighted by Gasteiger charge is -2.33. The Morgan fingerprint density at radius 1 is 1.20 bits per heavy atom. The Kier molecular flexibility index (Phi) is 4.69. The van der Waals surface area contributed by atoms with Gasteiger partial charge < -0.3 is 10.6 Å². The van der Waals surface area contributed by atoms with Crippen molar-refractivity contribution in [1.29, 1.82) is 0 Å². The lowest BCUT2D eigenvalue weighted by atomic mass is 9.88. The van der Waals surface area contributed by atoms with Crippen LogP contribution >= 0.6 is 0 Å². The zero-order chi connectivity index (χ0) is 13.8. The maximum absolute atomic E-state index is 4.38. The molecular weight excluding hydrogens is 246 g/mol. The van der Waals surface area contributed by atoms with Gasteiger partial charge in [0.25, 0.3) is 0 Å². The van der Waals surface area contributed by atoms with Crippen LogP contribution in [0.5, 0.6) is 0 Å². The molecule has 3 atom stereocenters. The summed E-state index contributed by atoms with van der Waals surface area (Å²) in [5.41, 5.74) is 2.40. The van der Waals surface area contributed by atoms with Gasteiger partial charge >= 0.3 is 0 Å². The molecule has 110 valence electrons. The van der Waals surface area contributed by atoms with Crippen LogP contribution in [0.25, 0.3) is 0 Å². The number of nitrogens with zero attached hydrogens (tertiary/aromatic N) is 1. The van der Waals surface area contributed by atoms with Gasteiger partial charge in [0.2, 0.25) is 0 Å². The van der Waals surface area contributed by atoms with Gasteiger partial charge in [-0.2, -0.15) is 0 Å². The molecule has 3 nitrogen and oxygen atoms in total. The predicted octanol–water partition coefficient (Wildman–Crippen LogP) is 2.79. The van der Waals surface area contributed by atoms with Crippen LogP contribution in [0.2, 0.25) is 0 Å². The van der Waals surface area contributed by atoms with Gasteiger partial charge in [0, 0.05) is 30.5 Å². The molecule has 0 aromatic carbocycles. The van der Waals surface area contributed by atoms with Gasteiger partial charge in [0.15, 0.2) is 0 Å². The molecule has 3 rings (SSSR count). The number of hydrogen-bond donors (Lipinski definition) is 2. The molecular formula is C17H27N3. The first-order valence-electron chi connectivity index (χ1n) is 8.21. The van der Waals surface area contributed by atoms with E-state index in [4.69, 9.17) is 0 Å². The Bertz CT molecular complexity index is 409. The van der Waals surface area contributed by atoms with E-state index in [9.17, 15) is 0 Å². The van der Waals surface area contributed by atoms with E-state index in [2.05, 4.69) is 27.8 Å². The van der Waals surface area contributed by atoms with Crippen molar-refractivity contribution in [3.05, 3.63) is 29.6 Å². The van der Waals surface area contributed by atoms with Gasteiger partial charge in [-0.3, -0.25) is 4.98 Å². The summed E-state index contributed by atoms with van der Waals surface area (Å²) in [5, 5.41) is 7.53. The third-order valence-electron chi connectivity index (χ3n) is 4.98. The number of pyridine rings is 1. The first kappa shape index (κ1) is 14.0. The highest BCUT2D eigenvalue weighted by atomic mass is 15.0. The molecule has 20 heavy (non-hydrogen) atoms. The smallest absolute Gasteiger partial charge is 0.0372 e. The van der Waals surface area contributed by atoms with Crippen molar-refractivity contribution < 1.29 is 0 Å². The highest BCUT2D eigenvalue weighted by Gasteiger charge is 2.33. The maximum Gasteiger partial charge on any atom is 0.0372 e. The van der Waals surface area contributed by atoms with Gasteiger partial charge in [-0.1, -0.05) is 18.9 Å². The van der Waals surface area contributed by atoms with E-state index in [0.717, 1.165) is 24.2 Å². The quantitative estimate of drug-likeness (QED) is 0.886. The summed E-state index contributed by atoms with van der Waals surface area (Å²) in [5.74, 6) is 0.828. The Morgan fingerprint density at radius 3 is 2.90 bits per heavy atom. The number of rotatable bonds is 4. The molecule has 3 heteroatoms. The summed E-state index contributed by atoms with van der Waals surface area (Å²) in [6.07, 6.45) is 10.2. The summed E-state index contributed by atoms with van der Waals surface area (Å²) >= 11 is 0. The Hall–Kier alpha value is -0.930. The Labute approximate surface area is 122 Å². The summed E-state index contributed by atoms with van der Waals surface area (Å²) in [4.78, 5) is 4.38. The van der Waals surface area contributed by atoms with Crippen LogP contribution in [-0.2, 0) is 6.54 Å². The molecule has 0 amide bonds. The van der Waals surface area contributed by atoms with Crippen LogP contribution in [-0.4, -0.2) is 23.6 Å². The average molecular weight is 273 g/mol. The largest absolute Gasteiger partial charge is 0.314 e. The van der Waals surface area contributed by atoms with Crippen LogP contribution in [0.4, 0.5) is 0 Å². The van der Waals surface area contributed by atoms with Gasteiger partial charge in [0.05, 0.1) is 0 Å². The third-order valence-corrected chi connectivity index (χ3v) is 4.98. The van der Waals surface area contributed by atoms with E-state index >= 15 is 0 Å². The number of aromatic nitrogens is 1. The van der Waals surface area contributed by atoms with Crippen LogP contribution in [0.3, 0.4) is 0 Å². The molecule has 2 N–H and O–H groups in total. The summed E-state index contributed by atoms with van der Waals surface area (Å²) < 4.78 is 0. The molecule has 1 saturated carbocycles. The fourth-order valence-electron chi connectivity index (χ4n) is 3.82. The van der Waals surface area contributed by atoms with Crippen LogP contribution in [0.1, 0.15) is 49.8 Å². The van der Waals surface area contributed by atoms with E-state index in [0.29, 0.717) is 6.04 Å². The van der Waals surface area contributed by atoms with E-state index in [-0.39, 0.29) is 0 Å². The van der Waals surface area contributed by atoms with Gasteiger partial charge in [-0.25, -0.2) is 0 Å². The second-order valence-corrected chi connectivity index (χ2v) is 6.45. The first-order valence-corrected chi connectivity index (χ1v) is 8.21. The highest BCUT2D eigenvalue weighted by molar-refractivity contribution is 5.13. The van der Waals surface area contributed by atoms with E-state index in [1.165, 1.54) is 50.6 Å². The molecule has 2 fully saturated rings. The van der Waals surface area contributed by atoms with Crippen molar-refractivity contribution in [1.82, 2.24) is 15.6 Å². The molecule has 2 heterocycles. The number of hydrogen-bond acceptors (Lipinski definition) is 3. The Balaban J connectivity index is 1.54. The second kappa shape index (κ2) is 6.68. The van der Waals surface area contributed by atoms with Crippen molar-refractivity contribution in [2.24, 2.45) is 5.92 Å². The molecule has 1 aliphatic carbocycles. The monoisotopic (exact) mass is 273 g/mol. The Morgan fingerprint density at radius 2 is 2.15 bits per heavy atom. The van der Waals surface area contributed by atoms with E-state index < -0.39 is 0 Å². The van der Waals surface area contributed by atoms with E-state index in [1.807, 2.05) is 13.1 Å². The highest BCUT2D eigenvalue weighted by Crippen LogP contribution is 2.31. The van der Waals surface area contributed by atoms with Crippen molar-refractivity contribution in [2.75, 3.05) is 6.54 Å². The van der Waals surface area contributed by atoms with Gasteiger partial charge in [-0.15, -0.1) is 0 Å². The van der Waals surface area contributed by atoms with Crippen molar-refractivity contribution in [3.8, 4) is 0 Å². The van der Waals surface area contributed by atoms with Gasteiger partial charge in [0.1, 0.15) is 0 Å². The summed E-state index contributed by atoms with van der Waals surface area (Å²) in [6, 6.07) is 5.73. The zero-order valence-electron chi connectivity index (χ0n) is 12.6. The molecule has 1 aromatic rings. The SMILES string of the molecule is Cc1ccc(CNC2CCCC2C2CCCCN2)cn1. The summed E-state index contributed by atoms with van der Waals surface area (Å²) in [7, 11) is 0. The fourth-order valence-corrected chi connectivity index (χ4v) is 3.82. The zero-order valence-corrected chi connectivity index (χ0v) is 12.6. The third kappa shape index (κ3) is 3.39. The van der Waals surface area contributed by atoms with Crippen molar-refractivity contribution in [3.63, 3.8) is 0 Å². The molecule has 1 aliphatic heterocycles. The number of piperidine rings is 1. The molecule has 2 aliphatic rings. The van der Waals surface area contributed by atoms with Gasteiger partial charge in [-0.05, 0) is 56.7 Å². The van der Waals surface area contributed by atoms with Crippen molar-refractivity contribution >= 4 is 0 Å². The van der Waals surface area contributed by atoms with Crippen LogP contribution in [0, 0.1) is 12.8 Å². The molecule has 0 spiro atoms. The number of aryl methyl sites for hydroxylation is 1. The number of nitrogens with one attached hydrogen (secondary N) is 2. The van der Waals surface area contributed by atoms with E-state index in [1.54, 1.807) is 0 Å². The fraction of sp³-hybridized carbons (Fsp3) is 0.706. The van der Waals surface area contributed by atoms with Crippen LogP contribution < -0.4 is 10.6 Å². The predicted molar refractivity (Wildman–Crippen MR) is 82.6 cm³/mol. The molecule has 1 aromatic heterocycles. The lowest BCUT2D eigenvalue weighted by Crippen LogP contribution is -2.46. The molecule has 0 radical (unpaired) electrons. The van der Waals surface area contributed by atoms with Crippen molar-refractivity contribution in [2.45, 2.75) is 64.1 Å². The molecule has 1 saturated heterocycles. The lowest BCUT2D eigenvalue weighted by molar-refractivity contribution is 0.257. The summed E-state index contributed by atoms with van der Waals surface area (Å²) in [6.45, 7) is 4.22. The standard InChI is InChI=1S/C17H27N3/c1-13-8-9-14(11-19-13)12-20-17-7-4-5-15(17)16-6-2-3-10-18-16/h8-9,11,15-18,20H,2-7,10,12H2,1H3. The average Bonchev–Trinajstić information content (AvgIpc) is 2.96.